The van der Waals surface area contributed by atoms with Crippen LogP contribution in [-0.4, -0.2) is 109 Å². The van der Waals surface area contributed by atoms with Crippen LogP contribution < -0.4 is 33.2 Å². The van der Waals surface area contributed by atoms with E-state index < -0.39 is 0 Å². The summed E-state index contributed by atoms with van der Waals surface area (Å²) in [7, 11) is 3.31. The largest absolute Gasteiger partial charge is 0.508 e. The summed E-state index contributed by atoms with van der Waals surface area (Å²) in [5, 5.41) is 117. The minimum atomic E-state index is 0.0168. The molecule has 0 amide bonds. The molecule has 0 aromatic heterocycles. The molecule has 5 aliphatic heterocycles. The Bertz CT molecular complexity index is 6480. The van der Waals surface area contributed by atoms with Gasteiger partial charge in [0.05, 0.1) is 47.3 Å². The molecule has 0 radical (unpaired) electrons. The number of aromatic hydroxyl groups is 12. The molecule has 0 unspecified atom stereocenters. The van der Waals surface area contributed by atoms with E-state index in [4.69, 9.17) is 33.2 Å². The van der Waals surface area contributed by atoms with E-state index in [0.29, 0.717) is 44.5 Å². The normalized spacial score (nSPS) is 18.7. The molecule has 0 saturated carbocycles. The van der Waals surface area contributed by atoms with Crippen molar-refractivity contribution in [3.05, 3.63) is 421 Å². The van der Waals surface area contributed by atoms with Crippen molar-refractivity contribution in [3.63, 3.8) is 0 Å². The number of ether oxygens (including phenoxy) is 7. The minimum absolute atomic E-state index is 0.0168. The van der Waals surface area contributed by atoms with Crippen LogP contribution in [0.4, 0.5) is 0 Å². The summed E-state index contributed by atoms with van der Waals surface area (Å²) in [6.45, 7) is 12.3. The molecule has 0 spiro atoms. The summed E-state index contributed by atoms with van der Waals surface area (Å²) in [5.74, 6) is 8.77. The average molecular weight is 1750 g/mol. The Labute approximate surface area is 761 Å². The van der Waals surface area contributed by atoms with E-state index in [9.17, 15) is 61.3 Å². The fraction of sp³-hybridized carbons (Fsp3) is 0.196. The highest BCUT2D eigenvalue weighted by atomic mass is 16.5. The van der Waals surface area contributed by atoms with Gasteiger partial charge >= 0.3 is 0 Å². The molecule has 0 aliphatic carbocycles. The smallest absolute Gasteiger partial charge is 0.129 e. The molecule has 15 aromatic rings. The van der Waals surface area contributed by atoms with Crippen molar-refractivity contribution in [2.24, 2.45) is 0 Å². The fourth-order valence-electron chi connectivity index (χ4n) is 18.7. The van der Waals surface area contributed by atoms with E-state index in [1.54, 1.807) is 142 Å². The van der Waals surface area contributed by atoms with Crippen LogP contribution >= 0.6 is 0 Å². The van der Waals surface area contributed by atoms with Gasteiger partial charge < -0.3 is 94.4 Å². The number of rotatable bonds is 12. The molecule has 666 valence electrons. The molecule has 12 N–H and O–H groups in total. The van der Waals surface area contributed by atoms with Crippen LogP contribution in [0.5, 0.6) is 109 Å². The second-order valence-electron chi connectivity index (χ2n) is 33.8. The molecule has 5 aliphatic rings. The highest BCUT2D eigenvalue weighted by molar-refractivity contribution is 5.61. The zero-order chi connectivity index (χ0) is 91.8. The van der Waals surface area contributed by atoms with Gasteiger partial charge in [0.2, 0.25) is 0 Å². The third kappa shape index (κ3) is 19.4. The van der Waals surface area contributed by atoms with Crippen LogP contribution in [0.1, 0.15) is 170 Å². The molecule has 10 atom stereocenters. The predicted molar refractivity (Wildman–Crippen MR) is 504 cm³/mol. The summed E-state index contributed by atoms with van der Waals surface area (Å²) >= 11 is 0. The summed E-state index contributed by atoms with van der Waals surface area (Å²) in [4.78, 5) is 0. The third-order valence-corrected chi connectivity index (χ3v) is 25.9. The van der Waals surface area contributed by atoms with Crippen molar-refractivity contribution in [2.45, 2.75) is 93.8 Å². The van der Waals surface area contributed by atoms with Crippen molar-refractivity contribution >= 4 is 0 Å². The molecule has 0 bridgehead atoms. The van der Waals surface area contributed by atoms with Gasteiger partial charge in [-0.1, -0.05) is 158 Å². The molecule has 131 heavy (non-hydrogen) atoms. The quantitative estimate of drug-likeness (QED) is 0.0541. The van der Waals surface area contributed by atoms with Crippen molar-refractivity contribution in [3.8, 4) is 109 Å². The predicted octanol–water partition coefficient (Wildman–Crippen LogP) is 23.0. The first-order valence-electron chi connectivity index (χ1n) is 43.5. The first-order chi connectivity index (χ1) is 63.3. The standard InChI is InChI=1S/C24H24O3.C23H22O4.2C22H20O4.C21H18O4/c1-14-4-5-18(12-15(14)2)23-20-10-11-22(26)16(3)24(20)27-13-21(23)17-6-8-19(25)9-7-17;1-14-21(25)12-11-19-22(16-5-9-18(26-2)10-6-16)20(13-27-23(14)19)15-3-7-17(24)8-4-15;1-25-18-9-4-15(5-10-18)22-19-11-8-17(24)12-21(19)26-13-20(22)14-2-6-16(23)7-3-14;1-13-20(25)11-10-18-21(15-4-8-17(24)9-5-15)19(12-26-22(13)18)14-2-6-16(23)7-3-14;22-15-5-1-13(2-6-15)19-12-25-20-11-17(24)9-10-18(20)21(19)14-3-7-16(23)8-4-14/h4-12,21,23,25-26H,13H2,1-3H3;3-12,20,22,24-25H,13H2,1-2H3;2-12,20,22-24H,13H2,1H3;2-11,19,21,23-25H,12H2,1H3;1-11,19,21-24H,12H2/t21-,23-;2*20-,22-;2*19-,21-/m11111/s1. The average Bonchev–Trinajstić information content (AvgIpc) is 0.781. The van der Waals surface area contributed by atoms with Crippen molar-refractivity contribution in [1.82, 2.24) is 0 Å². The van der Waals surface area contributed by atoms with E-state index in [0.717, 1.165) is 123 Å². The lowest BCUT2D eigenvalue weighted by molar-refractivity contribution is 0.245. The number of aryl methyl sites for hydroxylation is 2. The maximum Gasteiger partial charge on any atom is 0.129 e. The number of hydrogen-bond acceptors (Lipinski definition) is 19. The Morgan fingerprint density at radius 1 is 0.206 bits per heavy atom. The molecule has 19 nitrogen and oxygen atoms in total. The van der Waals surface area contributed by atoms with E-state index in [1.807, 2.05) is 160 Å². The number of phenols is 12. The molecule has 0 fully saturated rings. The van der Waals surface area contributed by atoms with E-state index in [1.165, 1.54) is 16.7 Å². The first kappa shape index (κ1) is 88.9. The lowest BCUT2D eigenvalue weighted by Gasteiger charge is -2.35. The lowest BCUT2D eigenvalue weighted by Crippen LogP contribution is -2.26. The van der Waals surface area contributed by atoms with Crippen LogP contribution in [0.3, 0.4) is 0 Å². The first-order valence-corrected chi connectivity index (χ1v) is 43.5. The Morgan fingerprint density at radius 2 is 0.420 bits per heavy atom. The van der Waals surface area contributed by atoms with Gasteiger partial charge in [0.1, 0.15) is 109 Å². The van der Waals surface area contributed by atoms with Crippen LogP contribution in [0.2, 0.25) is 0 Å². The SMILES string of the molecule is COc1ccc([C@@H]2c3ccc(O)c(C)c3OC[C@@H]2c2ccc(O)cc2)cc1.COc1ccc([C@@H]2c3ccc(O)cc3OC[C@@H]2c2ccc(O)cc2)cc1.Cc1c(O)ccc2c1OC[C@H](c1ccc(O)cc1)[C@@H]2c1ccc(O)cc1.Cc1ccc([C@@H]2c3ccc(O)c(C)c3OC[C@@H]2c2ccc(O)cc2)cc1C.Oc1ccc([C@@H]2c3ccc(O)cc3OC[C@@H]2c2ccc(O)cc2)cc1. The van der Waals surface area contributed by atoms with E-state index in [-0.39, 0.29) is 128 Å². The Balaban J connectivity index is 0.000000120. The van der Waals surface area contributed by atoms with Gasteiger partial charge in [-0.2, -0.15) is 0 Å². The van der Waals surface area contributed by atoms with Gasteiger partial charge in [0, 0.05) is 116 Å². The van der Waals surface area contributed by atoms with Crippen LogP contribution in [0.15, 0.2) is 309 Å². The zero-order valence-electron chi connectivity index (χ0n) is 73.5. The van der Waals surface area contributed by atoms with E-state index >= 15 is 0 Å². The molecular formula is C112H104O19. The second-order valence-corrected chi connectivity index (χ2v) is 33.8. The lowest BCUT2D eigenvalue weighted by atomic mass is 9.75. The molecule has 0 saturated heterocycles. The van der Waals surface area contributed by atoms with Crippen LogP contribution in [0, 0.1) is 34.6 Å². The summed E-state index contributed by atoms with van der Waals surface area (Å²) in [6.07, 6.45) is 0. The maximum atomic E-state index is 10.1. The molecule has 20 rings (SSSR count). The Kier molecular flexibility index (Phi) is 26.5. The van der Waals surface area contributed by atoms with Gasteiger partial charge in [-0.15, -0.1) is 0 Å². The van der Waals surface area contributed by atoms with Gasteiger partial charge in [0.15, 0.2) is 0 Å². The maximum absolute atomic E-state index is 10.1. The molecule has 19 heteroatoms. The third-order valence-electron chi connectivity index (χ3n) is 25.9. The highest BCUT2D eigenvalue weighted by Crippen LogP contribution is 2.55. The Hall–Kier alpha value is -15.5. The summed E-state index contributed by atoms with van der Waals surface area (Å²) in [5.41, 5.74) is 21.1. The number of hydrogen-bond donors (Lipinski definition) is 12. The number of methoxy groups -OCH3 is 2. The molecule has 15 aromatic carbocycles. The summed E-state index contributed by atoms with van der Waals surface area (Å²) in [6, 6.07) is 94.9. The monoisotopic (exact) mass is 1750 g/mol. The van der Waals surface area contributed by atoms with Crippen molar-refractivity contribution in [1.29, 1.82) is 0 Å². The fourth-order valence-corrected chi connectivity index (χ4v) is 18.7. The van der Waals surface area contributed by atoms with Gasteiger partial charge in [-0.3, -0.25) is 0 Å². The number of phenolic OH excluding ortho intramolecular Hbond substituents is 12. The van der Waals surface area contributed by atoms with Crippen LogP contribution in [-0.2, 0) is 0 Å². The van der Waals surface area contributed by atoms with E-state index in [2.05, 4.69) is 56.3 Å². The van der Waals surface area contributed by atoms with Crippen LogP contribution in [0.25, 0.3) is 0 Å². The van der Waals surface area contributed by atoms with Crippen molar-refractivity contribution in [2.75, 3.05) is 47.3 Å². The Morgan fingerprint density at radius 3 is 0.679 bits per heavy atom. The highest BCUT2D eigenvalue weighted by Gasteiger charge is 2.41. The molecule has 5 heterocycles. The number of fused-ring (bicyclic) bond motifs is 5. The number of benzene rings is 15. The van der Waals surface area contributed by atoms with Crippen molar-refractivity contribution < 1.29 is 94.4 Å². The topological polar surface area (TPSA) is 307 Å². The molecular weight excluding hydrogens is 1650 g/mol. The zero-order valence-corrected chi connectivity index (χ0v) is 73.5. The van der Waals surface area contributed by atoms with Gasteiger partial charge in [-0.05, 0) is 241 Å². The minimum Gasteiger partial charge on any atom is -0.508 e. The van der Waals surface area contributed by atoms with Gasteiger partial charge in [0.25, 0.3) is 0 Å². The van der Waals surface area contributed by atoms with Gasteiger partial charge in [-0.25, -0.2) is 0 Å². The second kappa shape index (κ2) is 39.0. The summed E-state index contributed by atoms with van der Waals surface area (Å²) < 4.78 is 40.7.